The predicted octanol–water partition coefficient (Wildman–Crippen LogP) is 2.70. The molecule has 0 fully saturated rings. The minimum absolute atomic E-state index is 0.0171. The molecule has 0 aromatic rings. The van der Waals surface area contributed by atoms with Crippen LogP contribution in [0.3, 0.4) is 0 Å². The van der Waals surface area contributed by atoms with Gasteiger partial charge in [0.1, 0.15) is 18.8 Å². The maximum absolute atomic E-state index is 12.5. The maximum Gasteiger partial charge on any atom is 0.307 e. The van der Waals surface area contributed by atoms with Gasteiger partial charge in [0.25, 0.3) is 6.47 Å². The SMILES string of the molecule is CC(C)C(CC(=O)OC(C)(C)C)C(=O)NCCOCCOCC(=O)CCCOCCOCC(=O)NC(CCCCNC(C)(C)C)OC=O. The number of carbonyl (C=O) groups is 5. The Kier molecular flexibility index (Phi) is 24.8. The normalized spacial score (nSPS) is 13.1. The summed E-state index contributed by atoms with van der Waals surface area (Å²) in [5.41, 5.74) is -0.564. The number of Topliss-reactive ketones (excluding diaryl/α,β-unsaturated/α-hetero) is 1. The molecule has 2 atom stereocenters. The summed E-state index contributed by atoms with van der Waals surface area (Å²) in [6.45, 7) is 18.3. The summed E-state index contributed by atoms with van der Waals surface area (Å²) in [7, 11) is 0. The second-order valence-corrected chi connectivity index (χ2v) is 13.9. The highest BCUT2D eigenvalue weighted by Gasteiger charge is 2.27. The Hall–Kier alpha value is -2.65. The molecule has 0 saturated carbocycles. The van der Waals surface area contributed by atoms with Crippen molar-refractivity contribution >= 4 is 30.0 Å². The molecular weight excluding hydrogens is 626 g/mol. The largest absolute Gasteiger partial charge is 0.460 e. The van der Waals surface area contributed by atoms with E-state index in [1.165, 1.54) is 0 Å². The van der Waals surface area contributed by atoms with Crippen LogP contribution >= 0.6 is 0 Å². The molecule has 0 spiro atoms. The maximum atomic E-state index is 12.5. The van der Waals surface area contributed by atoms with Crippen molar-refractivity contribution in [2.45, 2.75) is 111 Å². The quantitative estimate of drug-likeness (QED) is 0.0454. The molecule has 0 heterocycles. The average Bonchev–Trinajstić information content (AvgIpc) is 2.96. The van der Waals surface area contributed by atoms with Gasteiger partial charge >= 0.3 is 5.97 Å². The van der Waals surface area contributed by atoms with E-state index in [4.69, 9.17) is 28.4 Å². The third-order valence-electron chi connectivity index (χ3n) is 6.57. The van der Waals surface area contributed by atoms with Gasteiger partial charge in [0.05, 0.1) is 45.4 Å². The third kappa shape index (κ3) is 28.4. The second-order valence-electron chi connectivity index (χ2n) is 13.9. The van der Waals surface area contributed by atoms with Crippen molar-refractivity contribution in [3.05, 3.63) is 0 Å². The molecule has 48 heavy (non-hydrogen) atoms. The summed E-state index contributed by atoms with van der Waals surface area (Å²) < 4.78 is 31.9. The average molecular weight is 690 g/mol. The van der Waals surface area contributed by atoms with Gasteiger partial charge in [-0.15, -0.1) is 0 Å². The van der Waals surface area contributed by atoms with Crippen molar-refractivity contribution in [3.63, 3.8) is 0 Å². The van der Waals surface area contributed by atoms with E-state index in [-0.39, 0.29) is 81.7 Å². The van der Waals surface area contributed by atoms with E-state index in [2.05, 4.69) is 36.7 Å². The van der Waals surface area contributed by atoms with Crippen molar-refractivity contribution in [3.8, 4) is 0 Å². The van der Waals surface area contributed by atoms with Gasteiger partial charge in [-0.1, -0.05) is 13.8 Å². The number of nitrogens with one attached hydrogen (secondary N) is 3. The number of esters is 1. The number of ether oxygens (including phenoxy) is 6. The molecular formula is C34H63N3O11. The van der Waals surface area contributed by atoms with Crippen LogP contribution in [-0.4, -0.2) is 113 Å². The fraction of sp³-hybridized carbons (Fsp3) is 0.853. The van der Waals surface area contributed by atoms with E-state index < -0.39 is 23.7 Å². The zero-order valence-corrected chi connectivity index (χ0v) is 30.6. The van der Waals surface area contributed by atoms with Gasteiger partial charge < -0.3 is 44.4 Å². The van der Waals surface area contributed by atoms with Gasteiger partial charge in [-0.25, -0.2) is 0 Å². The van der Waals surface area contributed by atoms with Crippen LogP contribution in [0.5, 0.6) is 0 Å². The molecule has 280 valence electrons. The first-order valence-electron chi connectivity index (χ1n) is 17.0. The number of amides is 2. The first kappa shape index (κ1) is 45.3. The fourth-order valence-corrected chi connectivity index (χ4v) is 4.19. The van der Waals surface area contributed by atoms with E-state index >= 15 is 0 Å². The minimum atomic E-state index is -0.694. The lowest BCUT2D eigenvalue weighted by Gasteiger charge is -2.23. The van der Waals surface area contributed by atoms with E-state index in [9.17, 15) is 24.0 Å². The molecule has 0 aliphatic carbocycles. The van der Waals surface area contributed by atoms with Crippen LogP contribution in [0, 0.1) is 11.8 Å². The number of hydrogen-bond acceptors (Lipinski definition) is 12. The predicted molar refractivity (Wildman–Crippen MR) is 180 cm³/mol. The number of carbonyl (C=O) groups excluding carboxylic acids is 5. The first-order chi connectivity index (χ1) is 22.5. The molecule has 0 aromatic carbocycles. The lowest BCUT2D eigenvalue weighted by molar-refractivity contribution is -0.158. The second kappa shape index (κ2) is 26.2. The third-order valence-corrected chi connectivity index (χ3v) is 6.57. The van der Waals surface area contributed by atoms with Crippen LogP contribution in [0.2, 0.25) is 0 Å². The standard InChI is InChI=1S/C34H63N3O11/c1-26(2)28(22-31(41)48-34(6,7)8)32(42)35-15-17-44-19-20-45-23-27(39)12-11-16-43-18-21-46-24-29(40)37-30(47-25-38)13-9-10-14-36-33(3,4)5/h25-26,28,30,36H,9-24H2,1-8H3,(H,35,42)(H,37,40). The summed E-state index contributed by atoms with van der Waals surface area (Å²) in [6.07, 6.45) is 2.34. The molecule has 14 nitrogen and oxygen atoms in total. The summed E-state index contributed by atoms with van der Waals surface area (Å²) in [5.74, 6) is -1.58. The van der Waals surface area contributed by atoms with Gasteiger partial charge in [0.2, 0.25) is 11.8 Å². The Balaban J connectivity index is 3.81. The smallest absolute Gasteiger partial charge is 0.307 e. The Labute approximate surface area is 287 Å². The van der Waals surface area contributed by atoms with Crippen LogP contribution in [0.4, 0.5) is 0 Å². The molecule has 0 aliphatic rings. The van der Waals surface area contributed by atoms with Crippen molar-refractivity contribution in [1.82, 2.24) is 16.0 Å². The summed E-state index contributed by atoms with van der Waals surface area (Å²) in [6, 6.07) is 0. The van der Waals surface area contributed by atoms with Crippen LogP contribution in [0.25, 0.3) is 0 Å². The van der Waals surface area contributed by atoms with E-state index in [1.54, 1.807) is 20.8 Å². The van der Waals surface area contributed by atoms with Crippen molar-refractivity contribution in [1.29, 1.82) is 0 Å². The molecule has 2 amide bonds. The molecule has 0 aliphatic heterocycles. The van der Waals surface area contributed by atoms with Crippen molar-refractivity contribution in [2.75, 3.05) is 65.9 Å². The molecule has 14 heteroatoms. The number of ketones is 1. The number of rotatable bonds is 29. The molecule has 2 unspecified atom stereocenters. The highest BCUT2D eigenvalue weighted by molar-refractivity contribution is 5.84. The molecule has 0 saturated heterocycles. The molecule has 0 aromatic heterocycles. The number of unbranched alkanes of at least 4 members (excludes halogenated alkanes) is 1. The van der Waals surface area contributed by atoms with Gasteiger partial charge in [-0.2, -0.15) is 0 Å². The van der Waals surface area contributed by atoms with Crippen LogP contribution in [-0.2, 0) is 52.4 Å². The Bertz CT molecular complexity index is 917. The summed E-state index contributed by atoms with van der Waals surface area (Å²) in [4.78, 5) is 59.5. The Morgan fingerprint density at radius 3 is 1.98 bits per heavy atom. The zero-order valence-electron chi connectivity index (χ0n) is 30.6. The lowest BCUT2D eigenvalue weighted by Crippen LogP contribution is -2.39. The minimum Gasteiger partial charge on any atom is -0.460 e. The van der Waals surface area contributed by atoms with Crippen molar-refractivity contribution < 1.29 is 52.4 Å². The topological polar surface area (TPSA) is 177 Å². The van der Waals surface area contributed by atoms with E-state index in [0.717, 1.165) is 19.4 Å². The molecule has 0 bridgehead atoms. The first-order valence-corrected chi connectivity index (χ1v) is 17.0. The Morgan fingerprint density at radius 2 is 1.38 bits per heavy atom. The van der Waals surface area contributed by atoms with Crippen molar-refractivity contribution in [2.24, 2.45) is 11.8 Å². The van der Waals surface area contributed by atoms with Gasteiger partial charge in [-0.05, 0) is 73.3 Å². The van der Waals surface area contributed by atoms with E-state index in [0.29, 0.717) is 38.9 Å². The summed E-state index contributed by atoms with van der Waals surface area (Å²) >= 11 is 0. The van der Waals surface area contributed by atoms with Gasteiger partial charge in [-0.3, -0.25) is 24.0 Å². The highest BCUT2D eigenvalue weighted by Crippen LogP contribution is 2.18. The van der Waals surface area contributed by atoms with Crippen LogP contribution in [0.1, 0.15) is 93.9 Å². The Morgan fingerprint density at radius 1 is 0.750 bits per heavy atom. The summed E-state index contributed by atoms with van der Waals surface area (Å²) in [5, 5.41) is 8.82. The van der Waals surface area contributed by atoms with Gasteiger partial charge in [0.15, 0.2) is 12.0 Å². The van der Waals surface area contributed by atoms with Crippen LogP contribution in [0.15, 0.2) is 0 Å². The zero-order chi connectivity index (χ0) is 36.4. The van der Waals surface area contributed by atoms with Gasteiger partial charge in [0, 0.05) is 31.5 Å². The highest BCUT2D eigenvalue weighted by atomic mass is 16.6. The molecule has 0 radical (unpaired) electrons. The lowest BCUT2D eigenvalue weighted by atomic mass is 9.91. The monoisotopic (exact) mass is 689 g/mol. The van der Waals surface area contributed by atoms with E-state index in [1.807, 2.05) is 13.8 Å². The fourth-order valence-electron chi connectivity index (χ4n) is 4.19. The molecule has 0 rings (SSSR count). The molecule has 3 N–H and O–H groups in total. The van der Waals surface area contributed by atoms with Crippen LogP contribution < -0.4 is 16.0 Å². The number of hydrogen-bond donors (Lipinski definition) is 3.